The van der Waals surface area contributed by atoms with Crippen LogP contribution in [-0.4, -0.2) is 23.5 Å². The number of carbonyl (C=O) groups is 1. The van der Waals surface area contributed by atoms with Gasteiger partial charge in [0.05, 0.1) is 12.1 Å². The first-order chi connectivity index (χ1) is 8.47. The number of rotatable bonds is 2. The molecule has 0 aromatic rings. The molecule has 0 bridgehead atoms. The van der Waals surface area contributed by atoms with Crippen LogP contribution in [-0.2, 0) is 9.53 Å². The molecule has 1 aliphatic rings. The van der Waals surface area contributed by atoms with Crippen LogP contribution in [0.3, 0.4) is 0 Å². The summed E-state index contributed by atoms with van der Waals surface area (Å²) < 4.78 is 5.11. The Kier molecular flexibility index (Phi) is 11.5. The summed E-state index contributed by atoms with van der Waals surface area (Å²) in [5, 5.41) is 0. The summed E-state index contributed by atoms with van der Waals surface area (Å²) in [4.78, 5) is 15.5. The van der Waals surface area contributed by atoms with Crippen molar-refractivity contribution in [2.24, 2.45) is 4.99 Å². The zero-order chi connectivity index (χ0) is 14.0. The van der Waals surface area contributed by atoms with Gasteiger partial charge in [-0.2, -0.15) is 0 Å². The van der Waals surface area contributed by atoms with Crippen molar-refractivity contribution >= 4 is 11.8 Å². The summed E-state index contributed by atoms with van der Waals surface area (Å²) in [6, 6.07) is 0.354. The zero-order valence-corrected chi connectivity index (χ0v) is 12.5. The third-order valence-corrected chi connectivity index (χ3v) is 2.42. The van der Waals surface area contributed by atoms with E-state index in [0.29, 0.717) is 6.04 Å². The molecule has 19 heavy (non-hydrogen) atoms. The average molecular weight is 269 g/mol. The molecule has 0 saturated heterocycles. The topological polar surface area (TPSA) is 38.7 Å². The highest BCUT2D eigenvalue weighted by Crippen LogP contribution is 2.19. The van der Waals surface area contributed by atoms with Crippen molar-refractivity contribution in [3.63, 3.8) is 0 Å². The Balaban J connectivity index is 0. The quantitative estimate of drug-likeness (QED) is 0.419. The van der Waals surface area contributed by atoms with Crippen LogP contribution < -0.4 is 0 Å². The number of ether oxygens (including phenoxy) is 1. The van der Waals surface area contributed by atoms with Crippen molar-refractivity contribution in [3.8, 4) is 0 Å². The summed E-state index contributed by atoms with van der Waals surface area (Å²) in [5.41, 5.74) is -0.444. The summed E-state index contributed by atoms with van der Waals surface area (Å²) in [7, 11) is 0. The molecule has 0 amide bonds. The van der Waals surface area contributed by atoms with Crippen molar-refractivity contribution in [3.05, 3.63) is 6.08 Å². The lowest BCUT2D eigenvalue weighted by Gasteiger charge is -2.17. The lowest BCUT2D eigenvalue weighted by molar-refractivity contribution is -0.148. The second-order valence-electron chi connectivity index (χ2n) is 5.23. The summed E-state index contributed by atoms with van der Waals surface area (Å²) in [5.74, 6) is 2.33. The Labute approximate surface area is 119 Å². The monoisotopic (exact) mass is 269 g/mol. The van der Waals surface area contributed by atoms with Crippen molar-refractivity contribution in [2.45, 2.75) is 85.8 Å². The molecule has 0 radical (unpaired) electrons. The Morgan fingerprint density at radius 1 is 1.21 bits per heavy atom. The zero-order valence-electron chi connectivity index (χ0n) is 12.5. The molecule has 1 fully saturated rings. The fourth-order valence-electron chi connectivity index (χ4n) is 1.74. The Bertz CT molecular complexity index is 290. The van der Waals surface area contributed by atoms with E-state index in [2.05, 4.69) is 10.9 Å². The van der Waals surface area contributed by atoms with Crippen LogP contribution in [0.1, 0.15) is 74.1 Å². The van der Waals surface area contributed by atoms with Gasteiger partial charge in [0.25, 0.3) is 0 Å². The summed E-state index contributed by atoms with van der Waals surface area (Å²) in [6.45, 7) is 9.53. The minimum atomic E-state index is -0.444. The predicted molar refractivity (Wildman–Crippen MR) is 82.8 cm³/mol. The van der Waals surface area contributed by atoms with Gasteiger partial charge < -0.3 is 4.74 Å². The van der Waals surface area contributed by atoms with Crippen LogP contribution in [0.5, 0.6) is 0 Å². The predicted octanol–water partition coefficient (Wildman–Crippen LogP) is 4.55. The lowest BCUT2D eigenvalue weighted by Crippen LogP contribution is -2.22. The number of nitrogens with zero attached hydrogens (tertiary/aromatic N) is 1. The van der Waals surface area contributed by atoms with Gasteiger partial charge >= 0.3 is 5.97 Å². The Hall–Kier alpha value is -1.08. The number of hydrogen-bond donors (Lipinski definition) is 0. The minimum absolute atomic E-state index is 0. The smallest absolute Gasteiger partial charge is 0.340 e. The molecule has 0 atom stereocenters. The van der Waals surface area contributed by atoms with Gasteiger partial charge in [-0.15, -0.1) is 0 Å². The van der Waals surface area contributed by atoms with Gasteiger partial charge in [-0.3, -0.25) is 0 Å². The standard InChI is InChI=1S/C13H21NO2.C2H6.CH4/c1-13(2,3)16-12(15)9-10-14-11-7-5-4-6-8-11;1-2;/h9,11H,4-8H2,1-3H3;1-2H3;1H4. The van der Waals surface area contributed by atoms with E-state index in [1.807, 2.05) is 34.6 Å². The Morgan fingerprint density at radius 2 is 1.74 bits per heavy atom. The number of esters is 1. The molecule has 0 aromatic heterocycles. The van der Waals surface area contributed by atoms with Gasteiger partial charge in [0.2, 0.25) is 0 Å². The third kappa shape index (κ3) is 11.7. The molecule has 0 unspecified atom stereocenters. The molecular formula is C16H31NO2. The van der Waals surface area contributed by atoms with Crippen molar-refractivity contribution in [1.29, 1.82) is 0 Å². The molecule has 0 spiro atoms. The maximum atomic E-state index is 11.3. The average Bonchev–Trinajstić information content (AvgIpc) is 2.31. The van der Waals surface area contributed by atoms with E-state index in [0.717, 1.165) is 12.8 Å². The van der Waals surface area contributed by atoms with Crippen LogP contribution in [0.25, 0.3) is 0 Å². The van der Waals surface area contributed by atoms with Crippen LogP contribution >= 0.6 is 0 Å². The van der Waals surface area contributed by atoms with E-state index in [1.54, 1.807) is 0 Å². The van der Waals surface area contributed by atoms with Crippen LogP contribution in [0.4, 0.5) is 0 Å². The van der Waals surface area contributed by atoms with Gasteiger partial charge in [0, 0.05) is 0 Å². The number of carbonyl (C=O) groups excluding carboxylic acids is 1. The van der Waals surface area contributed by atoms with Crippen molar-refractivity contribution < 1.29 is 9.53 Å². The fraction of sp³-hybridized carbons (Fsp3) is 0.812. The highest BCUT2D eigenvalue weighted by molar-refractivity contribution is 5.91. The first-order valence-electron chi connectivity index (χ1n) is 6.99. The summed E-state index contributed by atoms with van der Waals surface area (Å²) in [6.07, 6.45) is 7.32. The maximum absolute atomic E-state index is 11.3. The second kappa shape index (κ2) is 10.8. The normalized spacial score (nSPS) is 15.0. The van der Waals surface area contributed by atoms with Crippen LogP contribution in [0.15, 0.2) is 11.1 Å². The van der Waals surface area contributed by atoms with Crippen molar-refractivity contribution in [1.82, 2.24) is 0 Å². The highest BCUT2D eigenvalue weighted by Gasteiger charge is 2.14. The molecule has 1 aliphatic carbocycles. The van der Waals surface area contributed by atoms with Crippen LogP contribution in [0, 0.1) is 0 Å². The van der Waals surface area contributed by atoms with Crippen molar-refractivity contribution in [2.75, 3.05) is 0 Å². The molecule has 0 N–H and O–H groups in total. The molecule has 3 heteroatoms. The van der Waals surface area contributed by atoms with Gasteiger partial charge in [0.15, 0.2) is 0 Å². The van der Waals surface area contributed by atoms with Crippen LogP contribution in [0.2, 0.25) is 0 Å². The fourth-order valence-corrected chi connectivity index (χ4v) is 1.74. The molecule has 112 valence electrons. The molecule has 0 heterocycles. The molecule has 3 nitrogen and oxygen atoms in total. The SMILES string of the molecule is C.CC.CC(C)(C)OC(=O)C=C=NC1CCCCC1. The van der Waals surface area contributed by atoms with E-state index in [4.69, 9.17) is 4.74 Å². The first kappa shape index (κ1) is 20.2. The third-order valence-electron chi connectivity index (χ3n) is 2.42. The van der Waals surface area contributed by atoms with E-state index < -0.39 is 5.60 Å². The van der Waals surface area contributed by atoms with E-state index in [9.17, 15) is 4.79 Å². The molecule has 0 aromatic carbocycles. The van der Waals surface area contributed by atoms with Gasteiger partial charge in [-0.05, 0) is 39.5 Å². The maximum Gasteiger partial charge on any atom is 0.340 e. The minimum Gasteiger partial charge on any atom is -0.456 e. The highest BCUT2D eigenvalue weighted by atomic mass is 16.6. The molecular weight excluding hydrogens is 238 g/mol. The molecule has 0 aliphatic heterocycles. The van der Waals surface area contributed by atoms with Gasteiger partial charge in [-0.1, -0.05) is 40.5 Å². The van der Waals surface area contributed by atoms with E-state index in [1.165, 1.54) is 25.3 Å². The number of hydrogen-bond acceptors (Lipinski definition) is 3. The second-order valence-corrected chi connectivity index (χ2v) is 5.23. The lowest BCUT2D eigenvalue weighted by atomic mass is 9.96. The van der Waals surface area contributed by atoms with Gasteiger partial charge in [0.1, 0.15) is 5.60 Å². The first-order valence-corrected chi connectivity index (χ1v) is 6.99. The molecule has 1 saturated carbocycles. The van der Waals surface area contributed by atoms with E-state index in [-0.39, 0.29) is 13.4 Å². The van der Waals surface area contributed by atoms with Gasteiger partial charge in [-0.25, -0.2) is 9.79 Å². The largest absolute Gasteiger partial charge is 0.456 e. The van der Waals surface area contributed by atoms with E-state index >= 15 is 0 Å². The molecule has 1 rings (SSSR count). The Morgan fingerprint density at radius 3 is 2.21 bits per heavy atom. The number of aliphatic imine (C=N–C) groups is 1. The summed E-state index contributed by atoms with van der Waals surface area (Å²) >= 11 is 0.